The standard InChI is InChI=1S/C21H31N3O2/c1-16-5-7-17(8-6-16)20(25)24-12-10-21(15-24)14-18(9-13-26-21)23-19-4-2-3-11-22-19/h2-4,11,16-18H,5-10,12-15H2,1H3,(H,22,23)/t16?,17?,18-,21-/m1/s1. The van der Waals surface area contributed by atoms with Crippen LogP contribution in [0.5, 0.6) is 0 Å². The van der Waals surface area contributed by atoms with E-state index in [1.54, 1.807) is 0 Å². The van der Waals surface area contributed by atoms with Gasteiger partial charge >= 0.3 is 0 Å². The SMILES string of the molecule is CC1CCC(C(=O)N2CC[C@@]3(C[C@H](Nc4ccccn4)CCO3)C2)CC1. The highest BCUT2D eigenvalue weighted by Crippen LogP contribution is 2.37. The Morgan fingerprint density at radius 1 is 1.27 bits per heavy atom. The summed E-state index contributed by atoms with van der Waals surface area (Å²) in [4.78, 5) is 19.4. The van der Waals surface area contributed by atoms with Gasteiger partial charge in [-0.1, -0.05) is 13.0 Å². The Kier molecular flexibility index (Phi) is 5.16. The smallest absolute Gasteiger partial charge is 0.225 e. The van der Waals surface area contributed by atoms with Crippen LogP contribution in [0.25, 0.3) is 0 Å². The molecule has 26 heavy (non-hydrogen) atoms. The molecule has 2 saturated heterocycles. The van der Waals surface area contributed by atoms with Crippen LogP contribution >= 0.6 is 0 Å². The van der Waals surface area contributed by atoms with E-state index in [1.165, 1.54) is 12.8 Å². The van der Waals surface area contributed by atoms with Gasteiger partial charge in [0.15, 0.2) is 0 Å². The summed E-state index contributed by atoms with van der Waals surface area (Å²) < 4.78 is 6.22. The third-order valence-corrected chi connectivity index (χ3v) is 6.50. The maximum atomic E-state index is 13.0. The van der Waals surface area contributed by atoms with Gasteiger partial charge in [-0.25, -0.2) is 4.98 Å². The predicted molar refractivity (Wildman–Crippen MR) is 102 cm³/mol. The van der Waals surface area contributed by atoms with E-state index in [1.807, 2.05) is 24.4 Å². The van der Waals surface area contributed by atoms with Crippen molar-refractivity contribution in [1.29, 1.82) is 0 Å². The first-order chi connectivity index (χ1) is 12.6. The number of rotatable bonds is 3. The lowest BCUT2D eigenvalue weighted by Gasteiger charge is -2.39. The number of nitrogens with one attached hydrogen (secondary N) is 1. The number of amides is 1. The van der Waals surface area contributed by atoms with Crippen molar-refractivity contribution in [2.24, 2.45) is 11.8 Å². The van der Waals surface area contributed by atoms with Crippen LogP contribution in [0, 0.1) is 11.8 Å². The highest BCUT2D eigenvalue weighted by Gasteiger charge is 2.45. The number of pyridine rings is 1. The molecule has 3 aliphatic rings. The number of aromatic nitrogens is 1. The summed E-state index contributed by atoms with van der Waals surface area (Å²) in [7, 11) is 0. The van der Waals surface area contributed by atoms with Gasteiger partial charge in [0.2, 0.25) is 5.91 Å². The number of nitrogens with zero attached hydrogens (tertiary/aromatic N) is 2. The van der Waals surface area contributed by atoms with Gasteiger partial charge in [0.1, 0.15) is 5.82 Å². The van der Waals surface area contributed by atoms with E-state index >= 15 is 0 Å². The summed E-state index contributed by atoms with van der Waals surface area (Å²) in [5.41, 5.74) is -0.164. The number of hydrogen-bond acceptors (Lipinski definition) is 4. The Balaban J connectivity index is 1.35. The number of carbonyl (C=O) groups excluding carboxylic acids is 1. The van der Waals surface area contributed by atoms with Crippen LogP contribution in [0.4, 0.5) is 5.82 Å². The summed E-state index contributed by atoms with van der Waals surface area (Å²) in [5.74, 6) is 2.32. The summed E-state index contributed by atoms with van der Waals surface area (Å²) in [6, 6.07) is 6.31. The van der Waals surface area contributed by atoms with Gasteiger partial charge in [-0.2, -0.15) is 0 Å². The normalized spacial score (nSPS) is 34.8. The maximum Gasteiger partial charge on any atom is 0.225 e. The molecule has 2 aliphatic heterocycles. The molecule has 1 aromatic rings. The molecule has 0 aromatic carbocycles. The molecular weight excluding hydrogens is 326 g/mol. The summed E-state index contributed by atoms with van der Waals surface area (Å²) in [6.45, 7) is 4.67. The Morgan fingerprint density at radius 2 is 2.12 bits per heavy atom. The van der Waals surface area contributed by atoms with Crippen molar-refractivity contribution >= 4 is 11.7 Å². The molecule has 1 saturated carbocycles. The Bertz CT molecular complexity index is 615. The van der Waals surface area contributed by atoms with Crippen molar-refractivity contribution < 1.29 is 9.53 Å². The minimum Gasteiger partial charge on any atom is -0.373 e. The summed E-state index contributed by atoms with van der Waals surface area (Å²) in [6.07, 6.45) is 9.24. The van der Waals surface area contributed by atoms with Crippen molar-refractivity contribution in [3.05, 3.63) is 24.4 Å². The third kappa shape index (κ3) is 3.88. The van der Waals surface area contributed by atoms with Gasteiger partial charge in [0.05, 0.1) is 5.60 Å². The first kappa shape index (κ1) is 17.8. The van der Waals surface area contributed by atoms with Crippen molar-refractivity contribution in [2.45, 2.75) is 63.5 Å². The molecule has 4 rings (SSSR count). The average Bonchev–Trinajstić information content (AvgIpc) is 3.06. The van der Waals surface area contributed by atoms with Gasteiger partial charge in [-0.3, -0.25) is 4.79 Å². The second-order valence-corrected chi connectivity index (χ2v) is 8.55. The summed E-state index contributed by atoms with van der Waals surface area (Å²) in [5, 5.41) is 3.55. The third-order valence-electron chi connectivity index (χ3n) is 6.50. The monoisotopic (exact) mass is 357 g/mol. The molecule has 1 N–H and O–H groups in total. The van der Waals surface area contributed by atoms with E-state index < -0.39 is 0 Å². The fraction of sp³-hybridized carbons (Fsp3) is 0.714. The first-order valence-electron chi connectivity index (χ1n) is 10.2. The average molecular weight is 357 g/mol. The molecule has 0 radical (unpaired) electrons. The molecule has 5 heteroatoms. The van der Waals surface area contributed by atoms with E-state index in [2.05, 4.69) is 22.1 Å². The Labute approximate surface area is 156 Å². The number of likely N-dealkylation sites (tertiary alicyclic amines) is 1. The van der Waals surface area contributed by atoms with Crippen LogP contribution in [0.1, 0.15) is 51.9 Å². The highest BCUT2D eigenvalue weighted by atomic mass is 16.5. The van der Waals surface area contributed by atoms with Gasteiger partial charge in [-0.15, -0.1) is 0 Å². The second kappa shape index (κ2) is 7.55. The largest absolute Gasteiger partial charge is 0.373 e. The molecule has 1 aromatic heterocycles. The molecule has 2 atom stereocenters. The quantitative estimate of drug-likeness (QED) is 0.900. The lowest BCUT2D eigenvalue weighted by molar-refractivity contribution is -0.138. The van der Waals surface area contributed by atoms with Crippen molar-refractivity contribution in [3.8, 4) is 0 Å². The minimum absolute atomic E-state index is 0.164. The van der Waals surface area contributed by atoms with E-state index in [0.717, 1.165) is 63.5 Å². The molecular formula is C21H31N3O2. The molecule has 3 heterocycles. The fourth-order valence-corrected chi connectivity index (χ4v) is 4.89. The van der Waals surface area contributed by atoms with Crippen molar-refractivity contribution in [2.75, 3.05) is 25.0 Å². The minimum atomic E-state index is -0.164. The van der Waals surface area contributed by atoms with Crippen LogP contribution in [-0.4, -0.2) is 47.1 Å². The topological polar surface area (TPSA) is 54.5 Å². The van der Waals surface area contributed by atoms with Crippen molar-refractivity contribution in [1.82, 2.24) is 9.88 Å². The predicted octanol–water partition coefficient (Wildman–Crippen LogP) is 3.47. The number of anilines is 1. The number of hydrogen-bond donors (Lipinski definition) is 1. The molecule has 5 nitrogen and oxygen atoms in total. The van der Waals surface area contributed by atoms with Crippen LogP contribution in [0.2, 0.25) is 0 Å². The zero-order valence-electron chi connectivity index (χ0n) is 15.8. The van der Waals surface area contributed by atoms with Crippen LogP contribution in [0.15, 0.2) is 24.4 Å². The zero-order valence-corrected chi connectivity index (χ0v) is 15.8. The highest BCUT2D eigenvalue weighted by molar-refractivity contribution is 5.79. The van der Waals surface area contributed by atoms with E-state index in [4.69, 9.17) is 4.74 Å². The first-order valence-corrected chi connectivity index (χ1v) is 10.2. The van der Waals surface area contributed by atoms with Gasteiger partial charge in [0.25, 0.3) is 0 Å². The van der Waals surface area contributed by atoms with Crippen molar-refractivity contribution in [3.63, 3.8) is 0 Å². The lowest BCUT2D eigenvalue weighted by Crippen LogP contribution is -2.47. The van der Waals surface area contributed by atoms with Gasteiger partial charge in [-0.05, 0) is 63.0 Å². The maximum absolute atomic E-state index is 13.0. The second-order valence-electron chi connectivity index (χ2n) is 8.55. The molecule has 0 unspecified atom stereocenters. The number of carbonyl (C=O) groups is 1. The van der Waals surface area contributed by atoms with E-state index in [0.29, 0.717) is 11.9 Å². The van der Waals surface area contributed by atoms with E-state index in [-0.39, 0.29) is 11.5 Å². The Morgan fingerprint density at radius 3 is 2.88 bits per heavy atom. The van der Waals surface area contributed by atoms with Crippen LogP contribution < -0.4 is 5.32 Å². The summed E-state index contributed by atoms with van der Waals surface area (Å²) >= 11 is 0. The lowest BCUT2D eigenvalue weighted by atomic mass is 9.82. The van der Waals surface area contributed by atoms with Crippen LogP contribution in [0.3, 0.4) is 0 Å². The molecule has 1 amide bonds. The zero-order chi connectivity index (χ0) is 18.0. The van der Waals surface area contributed by atoms with Crippen LogP contribution in [-0.2, 0) is 9.53 Å². The van der Waals surface area contributed by atoms with Gasteiger partial charge < -0.3 is 15.0 Å². The molecule has 3 fully saturated rings. The molecule has 1 spiro atoms. The molecule has 0 bridgehead atoms. The molecule has 142 valence electrons. The molecule has 1 aliphatic carbocycles. The van der Waals surface area contributed by atoms with E-state index in [9.17, 15) is 4.79 Å². The fourth-order valence-electron chi connectivity index (χ4n) is 4.89. The Hall–Kier alpha value is -1.62. The number of ether oxygens (including phenoxy) is 1. The van der Waals surface area contributed by atoms with Gasteiger partial charge in [0, 0.05) is 37.9 Å².